The maximum atomic E-state index is 12.6. The van der Waals surface area contributed by atoms with E-state index in [1.165, 1.54) is 4.90 Å². The highest BCUT2D eigenvalue weighted by Gasteiger charge is 2.26. The Bertz CT molecular complexity index is 825. The van der Waals surface area contributed by atoms with Crippen LogP contribution < -0.4 is 14.8 Å². The smallest absolute Gasteiger partial charge is 0.251 e. The lowest BCUT2D eigenvalue weighted by molar-refractivity contribution is -0.132. The average molecular weight is 389 g/mol. The molecule has 7 heteroatoms. The van der Waals surface area contributed by atoms with E-state index in [1.54, 1.807) is 38.2 Å². The number of ether oxygens (including phenoxy) is 2. The lowest BCUT2D eigenvalue weighted by Crippen LogP contribution is -2.49. The number of carbonyl (C=O) groups is 2. The van der Waals surface area contributed by atoms with E-state index < -0.39 is 6.04 Å². The van der Waals surface area contributed by atoms with Crippen molar-refractivity contribution in [1.29, 1.82) is 0 Å². The lowest BCUT2D eigenvalue weighted by atomic mass is 10.2. The van der Waals surface area contributed by atoms with Crippen LogP contribution in [0.15, 0.2) is 48.5 Å². The normalized spacial score (nSPS) is 16.3. The van der Waals surface area contributed by atoms with Gasteiger partial charge in [0.15, 0.2) is 17.6 Å². The summed E-state index contributed by atoms with van der Waals surface area (Å²) in [6.45, 7) is 2.37. The number of likely N-dealkylation sites (N-methyl/N-ethyl adjacent to an activating group) is 1. The molecule has 2 amide bonds. The minimum atomic E-state index is -0.671. The Morgan fingerprint density at radius 1 is 1.19 bits per heavy atom. The fourth-order valence-electron chi connectivity index (χ4n) is 2.82. The summed E-state index contributed by atoms with van der Waals surface area (Å²) in [5.41, 5.74) is 0.447. The van der Waals surface area contributed by atoms with Crippen LogP contribution in [0.5, 0.6) is 11.5 Å². The lowest BCUT2D eigenvalue weighted by Gasteiger charge is -2.30. The first-order valence-corrected chi connectivity index (χ1v) is 9.01. The Kier molecular flexibility index (Phi) is 5.86. The van der Waals surface area contributed by atoms with E-state index in [9.17, 15) is 9.59 Å². The molecule has 0 radical (unpaired) electrons. The molecule has 6 nitrogen and oxygen atoms in total. The summed E-state index contributed by atoms with van der Waals surface area (Å²) in [6.07, 6.45) is -0.270. The largest absolute Gasteiger partial charge is 0.486 e. The minimum absolute atomic E-state index is 0.209. The Morgan fingerprint density at radius 3 is 2.56 bits per heavy atom. The van der Waals surface area contributed by atoms with Gasteiger partial charge in [-0.15, -0.1) is 0 Å². The Labute approximate surface area is 163 Å². The molecule has 1 N–H and O–H groups in total. The molecule has 27 heavy (non-hydrogen) atoms. The number of rotatable bonds is 5. The highest BCUT2D eigenvalue weighted by molar-refractivity contribution is 6.30. The molecule has 142 valence electrons. The third kappa shape index (κ3) is 4.71. The number of para-hydroxylation sites is 2. The van der Waals surface area contributed by atoms with Crippen LogP contribution in [0.3, 0.4) is 0 Å². The molecule has 0 bridgehead atoms. The molecule has 2 aromatic rings. The van der Waals surface area contributed by atoms with Gasteiger partial charge in [-0.2, -0.15) is 0 Å². The number of halogens is 1. The van der Waals surface area contributed by atoms with Crippen LogP contribution >= 0.6 is 11.6 Å². The van der Waals surface area contributed by atoms with Gasteiger partial charge in [-0.25, -0.2) is 0 Å². The molecule has 2 unspecified atom stereocenters. The van der Waals surface area contributed by atoms with Crippen molar-refractivity contribution < 1.29 is 19.1 Å². The Hall–Kier alpha value is -2.73. The van der Waals surface area contributed by atoms with Crippen molar-refractivity contribution in [1.82, 2.24) is 10.2 Å². The number of benzene rings is 2. The first-order valence-electron chi connectivity index (χ1n) is 8.64. The van der Waals surface area contributed by atoms with Gasteiger partial charge >= 0.3 is 0 Å². The summed E-state index contributed by atoms with van der Waals surface area (Å²) < 4.78 is 11.5. The van der Waals surface area contributed by atoms with Crippen LogP contribution in [0.4, 0.5) is 0 Å². The minimum Gasteiger partial charge on any atom is -0.486 e. The summed E-state index contributed by atoms with van der Waals surface area (Å²) in [7, 11) is 1.68. The fraction of sp³-hybridized carbons (Fsp3) is 0.300. The zero-order valence-corrected chi connectivity index (χ0v) is 15.9. The first kappa shape index (κ1) is 19.0. The monoisotopic (exact) mass is 388 g/mol. The molecule has 0 aromatic heterocycles. The zero-order valence-electron chi connectivity index (χ0n) is 15.1. The van der Waals surface area contributed by atoms with Gasteiger partial charge in [0.05, 0.1) is 6.54 Å². The summed E-state index contributed by atoms with van der Waals surface area (Å²) in [6, 6.07) is 13.2. The zero-order chi connectivity index (χ0) is 19.4. The number of amides is 2. The standard InChI is InChI=1S/C20H21ClN2O4/c1-13(22-19(24)14-7-9-15(21)10-8-14)20(25)23(2)11-16-12-26-17-5-3-4-6-18(17)27-16/h3-10,13,16H,11-12H2,1-2H3,(H,22,24). The van der Waals surface area contributed by atoms with Gasteiger partial charge in [0, 0.05) is 17.6 Å². The number of nitrogens with one attached hydrogen (secondary N) is 1. The fourth-order valence-corrected chi connectivity index (χ4v) is 2.95. The number of hydrogen-bond acceptors (Lipinski definition) is 4. The van der Waals surface area contributed by atoms with E-state index in [-0.39, 0.29) is 17.9 Å². The van der Waals surface area contributed by atoms with E-state index in [0.717, 1.165) is 0 Å². The second-order valence-corrected chi connectivity index (χ2v) is 6.85. The molecular formula is C20H21ClN2O4. The van der Waals surface area contributed by atoms with Gasteiger partial charge in [-0.05, 0) is 43.3 Å². The maximum Gasteiger partial charge on any atom is 0.251 e. The molecule has 3 rings (SSSR count). The number of hydrogen-bond donors (Lipinski definition) is 1. The van der Waals surface area contributed by atoms with Crippen molar-refractivity contribution in [3.05, 3.63) is 59.1 Å². The topological polar surface area (TPSA) is 67.9 Å². The van der Waals surface area contributed by atoms with Crippen molar-refractivity contribution in [2.75, 3.05) is 20.2 Å². The molecule has 0 aliphatic carbocycles. The second kappa shape index (κ2) is 8.31. The van der Waals surface area contributed by atoms with Crippen LogP contribution in [0, 0.1) is 0 Å². The van der Waals surface area contributed by atoms with Gasteiger partial charge in [-0.1, -0.05) is 23.7 Å². The van der Waals surface area contributed by atoms with Gasteiger partial charge in [-0.3, -0.25) is 9.59 Å². The van der Waals surface area contributed by atoms with E-state index in [0.29, 0.717) is 35.2 Å². The molecule has 1 aliphatic heterocycles. The highest BCUT2D eigenvalue weighted by atomic mass is 35.5. The van der Waals surface area contributed by atoms with Crippen molar-refractivity contribution in [2.24, 2.45) is 0 Å². The molecule has 1 aliphatic rings. The predicted molar refractivity (Wildman–Crippen MR) is 102 cm³/mol. The average Bonchev–Trinajstić information content (AvgIpc) is 2.67. The van der Waals surface area contributed by atoms with Crippen LogP contribution in [-0.2, 0) is 4.79 Å². The van der Waals surface area contributed by atoms with E-state index >= 15 is 0 Å². The summed E-state index contributed by atoms with van der Waals surface area (Å²) in [4.78, 5) is 26.4. The van der Waals surface area contributed by atoms with Gasteiger partial charge in [0.25, 0.3) is 5.91 Å². The van der Waals surface area contributed by atoms with Gasteiger partial charge in [0.2, 0.25) is 5.91 Å². The molecule has 0 fully saturated rings. The van der Waals surface area contributed by atoms with Crippen molar-refractivity contribution in [3.8, 4) is 11.5 Å². The third-order valence-electron chi connectivity index (χ3n) is 4.25. The Morgan fingerprint density at radius 2 is 1.85 bits per heavy atom. The quantitative estimate of drug-likeness (QED) is 0.855. The summed E-state index contributed by atoms with van der Waals surface area (Å²) in [5.74, 6) is 0.830. The first-order chi connectivity index (χ1) is 12.9. The van der Waals surface area contributed by atoms with Crippen molar-refractivity contribution >= 4 is 23.4 Å². The van der Waals surface area contributed by atoms with E-state index in [4.69, 9.17) is 21.1 Å². The van der Waals surface area contributed by atoms with E-state index in [2.05, 4.69) is 5.32 Å². The molecule has 1 heterocycles. The van der Waals surface area contributed by atoms with Crippen LogP contribution in [0.2, 0.25) is 5.02 Å². The highest BCUT2D eigenvalue weighted by Crippen LogP contribution is 2.30. The van der Waals surface area contributed by atoms with Gasteiger partial charge < -0.3 is 19.7 Å². The molecule has 0 saturated heterocycles. The number of carbonyl (C=O) groups excluding carboxylic acids is 2. The van der Waals surface area contributed by atoms with Crippen LogP contribution in [0.1, 0.15) is 17.3 Å². The van der Waals surface area contributed by atoms with Crippen molar-refractivity contribution in [3.63, 3.8) is 0 Å². The molecule has 0 saturated carbocycles. The number of nitrogens with zero attached hydrogens (tertiary/aromatic N) is 1. The van der Waals surface area contributed by atoms with E-state index in [1.807, 2.05) is 24.3 Å². The molecule has 0 spiro atoms. The van der Waals surface area contributed by atoms with Crippen LogP contribution in [0.25, 0.3) is 0 Å². The predicted octanol–water partition coefficient (Wildman–Crippen LogP) is 2.76. The molecular weight excluding hydrogens is 368 g/mol. The second-order valence-electron chi connectivity index (χ2n) is 6.42. The SMILES string of the molecule is CC(NC(=O)c1ccc(Cl)cc1)C(=O)N(C)CC1COc2ccccc2O1. The van der Waals surface area contributed by atoms with Gasteiger partial charge in [0.1, 0.15) is 12.6 Å². The molecule has 2 atom stereocenters. The number of fused-ring (bicyclic) bond motifs is 1. The summed E-state index contributed by atoms with van der Waals surface area (Å²) >= 11 is 5.82. The Balaban J connectivity index is 1.54. The third-order valence-corrected chi connectivity index (χ3v) is 4.50. The van der Waals surface area contributed by atoms with Crippen LogP contribution in [-0.4, -0.2) is 49.1 Å². The molecule has 2 aromatic carbocycles. The summed E-state index contributed by atoms with van der Waals surface area (Å²) in [5, 5.41) is 3.25. The van der Waals surface area contributed by atoms with Crippen molar-refractivity contribution in [2.45, 2.75) is 19.1 Å². The maximum absolute atomic E-state index is 12.6.